The minimum atomic E-state index is -1.90. The van der Waals surface area contributed by atoms with Crippen molar-refractivity contribution >= 4 is 48.5 Å². The molecule has 180 valence electrons. The lowest BCUT2D eigenvalue weighted by Crippen LogP contribution is -2.65. The molecule has 0 bridgehead atoms. The highest BCUT2D eigenvalue weighted by Gasteiger charge is 2.43. The summed E-state index contributed by atoms with van der Waals surface area (Å²) in [7, 11) is 23.4. The first-order valence-corrected chi connectivity index (χ1v) is 12.4. The number of anilines is 2. The molecule has 6 rings (SSSR count). The van der Waals surface area contributed by atoms with Crippen molar-refractivity contribution in [2.24, 2.45) is 0 Å². The molecule has 37 heavy (non-hydrogen) atoms. The molecule has 3 aliphatic heterocycles. The highest BCUT2D eigenvalue weighted by Crippen LogP contribution is 2.41. The van der Waals surface area contributed by atoms with Gasteiger partial charge in [0.25, 0.3) is 5.56 Å². The molecule has 0 saturated carbocycles. The average molecular weight is 489 g/mol. The minimum Gasteiger partial charge on any atom is -0.501 e. The Hall–Kier alpha value is -3.23. The molecular formula is C24H23B4N5O4. The van der Waals surface area contributed by atoms with E-state index < -0.39 is 10.8 Å². The van der Waals surface area contributed by atoms with Crippen LogP contribution in [0.3, 0.4) is 0 Å². The van der Waals surface area contributed by atoms with Gasteiger partial charge in [-0.3, -0.25) is 4.79 Å². The maximum absolute atomic E-state index is 13.1. The molecule has 2 fully saturated rings. The van der Waals surface area contributed by atoms with E-state index in [1.165, 1.54) is 4.52 Å². The number of aryl methyl sites for hydroxylation is 1. The summed E-state index contributed by atoms with van der Waals surface area (Å²) in [6, 6.07) is 6.99. The van der Waals surface area contributed by atoms with Gasteiger partial charge in [0, 0.05) is 55.9 Å². The molecule has 0 atom stereocenters. The molecule has 13 heteroatoms. The summed E-state index contributed by atoms with van der Waals surface area (Å²) in [6.45, 7) is 5.18. The highest BCUT2D eigenvalue weighted by molar-refractivity contribution is 6.53. The van der Waals surface area contributed by atoms with E-state index >= 15 is 0 Å². The largest absolute Gasteiger partial charge is 0.501 e. The third-order valence-electron chi connectivity index (χ3n) is 7.17. The Morgan fingerprint density at radius 1 is 0.973 bits per heavy atom. The third-order valence-corrected chi connectivity index (χ3v) is 7.17. The molecule has 9 nitrogen and oxygen atoms in total. The van der Waals surface area contributed by atoms with Crippen LogP contribution in [0.15, 0.2) is 35.3 Å². The van der Waals surface area contributed by atoms with Gasteiger partial charge in [-0.25, -0.2) is 4.98 Å². The zero-order valence-corrected chi connectivity index (χ0v) is 20.6. The van der Waals surface area contributed by atoms with Crippen LogP contribution >= 0.6 is 0 Å². The molecule has 0 N–H and O–H groups in total. The van der Waals surface area contributed by atoms with Crippen LogP contribution in [-0.4, -0.2) is 89.1 Å². The third kappa shape index (κ3) is 4.22. The number of aromatic nitrogens is 3. The van der Waals surface area contributed by atoms with Crippen molar-refractivity contribution in [1.82, 2.24) is 14.6 Å². The molecule has 1 aromatic carbocycles. The molecule has 5 heterocycles. The van der Waals surface area contributed by atoms with E-state index in [1.807, 2.05) is 17.9 Å². The summed E-state index contributed by atoms with van der Waals surface area (Å²) in [5.74, 6) is 2.01. The quantitative estimate of drug-likeness (QED) is 0.489. The Kier molecular flexibility index (Phi) is 5.65. The maximum atomic E-state index is 13.1. The van der Waals surface area contributed by atoms with Gasteiger partial charge in [-0.05, 0) is 37.1 Å². The average Bonchev–Trinajstić information content (AvgIpc) is 2.81. The van der Waals surface area contributed by atoms with Gasteiger partial charge in [0.2, 0.25) is 0 Å². The number of benzene rings is 1. The number of fused-ring (bicyclic) bond motifs is 2. The van der Waals surface area contributed by atoms with Crippen LogP contribution in [0, 0.1) is 6.92 Å². The summed E-state index contributed by atoms with van der Waals surface area (Å²) >= 11 is 0. The van der Waals surface area contributed by atoms with E-state index in [0.29, 0.717) is 28.6 Å². The Morgan fingerprint density at radius 2 is 1.68 bits per heavy atom. The fourth-order valence-electron chi connectivity index (χ4n) is 4.79. The van der Waals surface area contributed by atoms with Crippen molar-refractivity contribution < 1.29 is 14.2 Å². The Labute approximate surface area is 220 Å². The smallest absolute Gasteiger partial charge is 0.298 e. The summed E-state index contributed by atoms with van der Waals surface area (Å²) < 4.78 is 18.7. The molecule has 0 unspecified atom stereocenters. The van der Waals surface area contributed by atoms with Crippen molar-refractivity contribution in [1.29, 1.82) is 0 Å². The molecule has 0 spiro atoms. The standard InChI is InChI=1S/C24H23B4N5O4/c1-14-11-20-29-13-17(31-7-2-8-31)22(34)33(20)30-21(14)32-9-5-15(6-10-32)35-16-3-4-18-19(12-16)37-24(27,28)23(25,26)36-18/h3-4,11-13,15H,2,5-10H2,1H3. The van der Waals surface area contributed by atoms with Gasteiger partial charge in [-0.2, -0.15) is 4.52 Å². The van der Waals surface area contributed by atoms with Crippen molar-refractivity contribution in [3.8, 4) is 17.2 Å². The first kappa shape index (κ1) is 24.1. The van der Waals surface area contributed by atoms with Crippen molar-refractivity contribution in [2.75, 3.05) is 36.0 Å². The lowest BCUT2D eigenvalue weighted by molar-refractivity contribution is 0.0609. The minimum absolute atomic E-state index is 0.0226. The summed E-state index contributed by atoms with van der Waals surface area (Å²) in [6.07, 6.45) is 4.25. The number of piperidine rings is 1. The topological polar surface area (TPSA) is 81.4 Å². The van der Waals surface area contributed by atoms with E-state index in [0.717, 1.165) is 56.8 Å². The van der Waals surface area contributed by atoms with Crippen LogP contribution < -0.4 is 29.6 Å². The number of hydrogen-bond donors (Lipinski definition) is 0. The van der Waals surface area contributed by atoms with Crippen molar-refractivity contribution in [3.63, 3.8) is 0 Å². The molecule has 0 aliphatic carbocycles. The van der Waals surface area contributed by atoms with Gasteiger partial charge in [0.1, 0.15) is 48.9 Å². The Bertz CT molecular complexity index is 1420. The maximum Gasteiger partial charge on any atom is 0.298 e. The zero-order valence-electron chi connectivity index (χ0n) is 20.6. The Morgan fingerprint density at radius 3 is 2.35 bits per heavy atom. The predicted octanol–water partition coefficient (Wildman–Crippen LogP) is 0.409. The molecule has 0 amide bonds. The fraction of sp³-hybridized carbons (Fsp3) is 0.458. The number of hydrogen-bond acceptors (Lipinski definition) is 8. The fourth-order valence-corrected chi connectivity index (χ4v) is 4.79. The second kappa shape index (κ2) is 8.67. The first-order valence-electron chi connectivity index (χ1n) is 12.4. The first-order chi connectivity index (χ1) is 17.6. The highest BCUT2D eigenvalue weighted by atomic mass is 16.6. The molecule has 2 saturated heterocycles. The number of rotatable bonds is 4. The normalized spacial score (nSPS) is 20.5. The van der Waals surface area contributed by atoms with E-state index in [2.05, 4.69) is 9.88 Å². The van der Waals surface area contributed by atoms with E-state index in [4.69, 9.17) is 50.7 Å². The van der Waals surface area contributed by atoms with Gasteiger partial charge >= 0.3 is 0 Å². The van der Waals surface area contributed by atoms with E-state index in [-0.39, 0.29) is 11.7 Å². The second-order valence-corrected chi connectivity index (χ2v) is 9.91. The van der Waals surface area contributed by atoms with Gasteiger partial charge < -0.3 is 24.0 Å². The van der Waals surface area contributed by atoms with Crippen molar-refractivity contribution in [3.05, 3.63) is 46.4 Å². The van der Waals surface area contributed by atoms with Crippen LogP contribution in [-0.2, 0) is 0 Å². The lowest BCUT2D eigenvalue weighted by Gasteiger charge is -2.48. The van der Waals surface area contributed by atoms with Crippen LogP contribution in [0.4, 0.5) is 11.5 Å². The van der Waals surface area contributed by atoms with Crippen LogP contribution in [0.1, 0.15) is 24.8 Å². The second-order valence-electron chi connectivity index (χ2n) is 9.91. The predicted molar refractivity (Wildman–Crippen MR) is 143 cm³/mol. The van der Waals surface area contributed by atoms with Crippen LogP contribution in [0.5, 0.6) is 17.2 Å². The van der Waals surface area contributed by atoms with E-state index in [1.54, 1.807) is 24.4 Å². The zero-order chi connectivity index (χ0) is 25.9. The molecule has 3 aliphatic rings. The lowest BCUT2D eigenvalue weighted by atomic mass is 9.41. The summed E-state index contributed by atoms with van der Waals surface area (Å²) in [5.41, 5.74) is 1.98. The molecule has 2 aromatic heterocycles. The molecule has 3 aromatic rings. The van der Waals surface area contributed by atoms with Crippen molar-refractivity contribution in [2.45, 2.75) is 43.1 Å². The van der Waals surface area contributed by atoms with Gasteiger partial charge in [-0.15, -0.1) is 5.10 Å². The molecule has 8 radical (unpaired) electrons. The monoisotopic (exact) mass is 489 g/mol. The SMILES string of the molecule is [B]C1([B])Oc2ccc(OC3CCN(c4nn5c(=O)c(N6CCC6)cnc5cc4C)CC3)cc2OC1([B])[B]. The van der Waals surface area contributed by atoms with Gasteiger partial charge in [-0.1, -0.05) is 0 Å². The summed E-state index contributed by atoms with van der Waals surface area (Å²) in [5, 5.41) is 0.934. The van der Waals surface area contributed by atoms with Gasteiger partial charge in [0.15, 0.2) is 23.0 Å². The number of nitrogens with zero attached hydrogens (tertiary/aromatic N) is 5. The van der Waals surface area contributed by atoms with Gasteiger partial charge in [0.05, 0.1) is 6.20 Å². The van der Waals surface area contributed by atoms with Crippen LogP contribution in [0.25, 0.3) is 5.65 Å². The summed E-state index contributed by atoms with van der Waals surface area (Å²) in [4.78, 5) is 21.8. The number of ether oxygens (including phenoxy) is 3. The van der Waals surface area contributed by atoms with Crippen LogP contribution in [0.2, 0.25) is 0 Å². The van der Waals surface area contributed by atoms with E-state index in [9.17, 15) is 4.79 Å². The Balaban J connectivity index is 1.15. The molecular weight excluding hydrogens is 466 g/mol.